The van der Waals surface area contributed by atoms with Crippen molar-refractivity contribution in [2.45, 2.75) is 12.6 Å². The summed E-state index contributed by atoms with van der Waals surface area (Å²) in [5, 5.41) is 11.4. The highest BCUT2D eigenvalue weighted by atomic mass is 19.4. The van der Waals surface area contributed by atoms with Crippen LogP contribution in [0.15, 0.2) is 18.2 Å². The van der Waals surface area contributed by atoms with Crippen molar-refractivity contribution in [3.63, 3.8) is 0 Å². The molecule has 7 heteroatoms. The molecule has 1 rings (SSSR count). The van der Waals surface area contributed by atoms with Crippen LogP contribution in [0.25, 0.3) is 0 Å². The monoisotopic (exact) mass is 278 g/mol. The SMILES string of the molecule is Nc1cc(C(F)(F)F)ccc1NCCCOCCO. The standard InChI is InChI=1S/C12H17F3N2O2/c13-12(14,15)9-2-3-11(10(16)8-9)17-4-1-6-19-7-5-18/h2-3,8,17-18H,1,4-7,16H2. The van der Waals surface area contributed by atoms with Crippen LogP contribution >= 0.6 is 0 Å². The predicted octanol–water partition coefficient (Wildman–Crippen LogP) is 2.10. The molecule has 0 saturated heterocycles. The van der Waals surface area contributed by atoms with Gasteiger partial charge in [-0.05, 0) is 24.6 Å². The first-order valence-corrected chi connectivity index (χ1v) is 5.84. The zero-order valence-corrected chi connectivity index (χ0v) is 10.3. The number of halogens is 3. The Bertz CT molecular complexity index is 397. The Kier molecular flexibility index (Phi) is 5.91. The summed E-state index contributed by atoms with van der Waals surface area (Å²) in [5.74, 6) is 0. The fourth-order valence-electron chi connectivity index (χ4n) is 1.46. The molecule has 0 bridgehead atoms. The molecule has 4 nitrogen and oxygen atoms in total. The van der Waals surface area contributed by atoms with Crippen LogP contribution in [-0.2, 0) is 10.9 Å². The Labute approximate surface area is 109 Å². The molecule has 0 aliphatic carbocycles. The lowest BCUT2D eigenvalue weighted by atomic mass is 10.1. The predicted molar refractivity (Wildman–Crippen MR) is 66.9 cm³/mol. The summed E-state index contributed by atoms with van der Waals surface area (Å²) < 4.78 is 42.3. The van der Waals surface area contributed by atoms with Crippen molar-refractivity contribution in [2.24, 2.45) is 0 Å². The van der Waals surface area contributed by atoms with Gasteiger partial charge in [-0.25, -0.2) is 0 Å². The van der Waals surface area contributed by atoms with Gasteiger partial charge in [0.2, 0.25) is 0 Å². The van der Waals surface area contributed by atoms with Crippen LogP contribution in [0.4, 0.5) is 24.5 Å². The quantitative estimate of drug-likeness (QED) is 0.528. The van der Waals surface area contributed by atoms with Crippen LogP contribution < -0.4 is 11.1 Å². The summed E-state index contributed by atoms with van der Waals surface area (Å²) in [5.41, 5.74) is 5.32. The average molecular weight is 278 g/mol. The summed E-state index contributed by atoms with van der Waals surface area (Å²) >= 11 is 0. The molecule has 0 fully saturated rings. The van der Waals surface area contributed by atoms with Crippen molar-refractivity contribution < 1.29 is 23.0 Å². The van der Waals surface area contributed by atoms with E-state index in [1.165, 1.54) is 6.07 Å². The third-order valence-electron chi connectivity index (χ3n) is 2.40. The summed E-state index contributed by atoms with van der Waals surface area (Å²) in [6.45, 7) is 1.25. The molecule has 0 atom stereocenters. The minimum atomic E-state index is -4.38. The number of rotatable bonds is 7. The van der Waals surface area contributed by atoms with Crippen molar-refractivity contribution in [1.82, 2.24) is 0 Å². The van der Waals surface area contributed by atoms with E-state index < -0.39 is 11.7 Å². The van der Waals surface area contributed by atoms with Gasteiger partial charge in [-0.3, -0.25) is 0 Å². The third kappa shape index (κ3) is 5.35. The van der Waals surface area contributed by atoms with Gasteiger partial charge in [0.25, 0.3) is 0 Å². The van der Waals surface area contributed by atoms with Crippen molar-refractivity contribution in [1.29, 1.82) is 0 Å². The normalized spacial score (nSPS) is 11.6. The van der Waals surface area contributed by atoms with E-state index in [4.69, 9.17) is 15.6 Å². The average Bonchev–Trinajstić information content (AvgIpc) is 2.34. The molecule has 0 unspecified atom stereocenters. The van der Waals surface area contributed by atoms with E-state index in [1.54, 1.807) is 0 Å². The van der Waals surface area contributed by atoms with Gasteiger partial charge in [-0.15, -0.1) is 0 Å². The maximum Gasteiger partial charge on any atom is 0.416 e. The van der Waals surface area contributed by atoms with E-state index in [0.717, 1.165) is 12.1 Å². The molecule has 0 spiro atoms. The molecule has 0 aliphatic rings. The van der Waals surface area contributed by atoms with Crippen molar-refractivity contribution in [3.8, 4) is 0 Å². The van der Waals surface area contributed by atoms with Gasteiger partial charge in [0, 0.05) is 13.2 Å². The molecule has 0 heterocycles. The summed E-state index contributed by atoms with van der Waals surface area (Å²) in [6, 6.07) is 3.21. The van der Waals surface area contributed by atoms with Crippen molar-refractivity contribution in [2.75, 3.05) is 37.4 Å². The molecule has 0 aliphatic heterocycles. The molecule has 1 aromatic rings. The minimum Gasteiger partial charge on any atom is -0.397 e. The number of anilines is 2. The topological polar surface area (TPSA) is 67.5 Å². The van der Waals surface area contributed by atoms with Crippen molar-refractivity contribution >= 4 is 11.4 Å². The fraction of sp³-hybridized carbons (Fsp3) is 0.500. The zero-order valence-electron chi connectivity index (χ0n) is 10.3. The Morgan fingerprint density at radius 1 is 1.26 bits per heavy atom. The Morgan fingerprint density at radius 3 is 2.58 bits per heavy atom. The van der Waals surface area contributed by atoms with Gasteiger partial charge in [-0.1, -0.05) is 0 Å². The second kappa shape index (κ2) is 7.20. The van der Waals surface area contributed by atoms with Crippen molar-refractivity contribution in [3.05, 3.63) is 23.8 Å². The lowest BCUT2D eigenvalue weighted by Crippen LogP contribution is -2.10. The van der Waals surface area contributed by atoms with Gasteiger partial charge in [0.1, 0.15) is 0 Å². The number of nitrogens with one attached hydrogen (secondary N) is 1. The molecule has 0 radical (unpaired) electrons. The van der Waals surface area contributed by atoms with Crippen LogP contribution in [0.1, 0.15) is 12.0 Å². The second-order valence-corrected chi connectivity index (χ2v) is 3.92. The number of nitrogens with two attached hydrogens (primary N) is 1. The number of alkyl halides is 3. The van der Waals surface area contributed by atoms with Crippen LogP contribution in [-0.4, -0.2) is 31.5 Å². The van der Waals surface area contributed by atoms with Crippen LogP contribution in [0.5, 0.6) is 0 Å². The first-order chi connectivity index (χ1) is 8.95. The van der Waals surface area contributed by atoms with Crippen LogP contribution in [0.2, 0.25) is 0 Å². The molecule has 0 amide bonds. The number of benzene rings is 1. The van der Waals surface area contributed by atoms with Crippen LogP contribution in [0.3, 0.4) is 0 Å². The molecule has 4 N–H and O–H groups in total. The number of hydrogen-bond donors (Lipinski definition) is 3. The first-order valence-electron chi connectivity index (χ1n) is 5.84. The second-order valence-electron chi connectivity index (χ2n) is 3.92. The van der Waals surface area contributed by atoms with Gasteiger partial charge < -0.3 is 20.9 Å². The number of aliphatic hydroxyl groups excluding tert-OH is 1. The first kappa shape index (κ1) is 15.6. The minimum absolute atomic E-state index is 0.0285. The van der Waals surface area contributed by atoms with E-state index in [0.29, 0.717) is 25.3 Å². The van der Waals surface area contributed by atoms with E-state index in [9.17, 15) is 13.2 Å². The Hall–Kier alpha value is -1.47. The van der Waals surface area contributed by atoms with Gasteiger partial charge in [0.15, 0.2) is 0 Å². The molecule has 0 aromatic heterocycles. The molecular weight excluding hydrogens is 261 g/mol. The summed E-state index contributed by atoms with van der Waals surface area (Å²) in [4.78, 5) is 0. The largest absolute Gasteiger partial charge is 0.416 e. The Morgan fingerprint density at radius 2 is 2.00 bits per heavy atom. The number of hydrogen-bond acceptors (Lipinski definition) is 4. The highest BCUT2D eigenvalue weighted by molar-refractivity contribution is 5.67. The fourth-order valence-corrected chi connectivity index (χ4v) is 1.46. The lowest BCUT2D eigenvalue weighted by molar-refractivity contribution is -0.137. The molecule has 19 heavy (non-hydrogen) atoms. The lowest BCUT2D eigenvalue weighted by Gasteiger charge is -2.12. The van der Waals surface area contributed by atoms with E-state index in [2.05, 4.69) is 5.32 Å². The third-order valence-corrected chi connectivity index (χ3v) is 2.40. The maximum atomic E-state index is 12.4. The molecule has 108 valence electrons. The number of ether oxygens (including phenoxy) is 1. The molecule has 1 aromatic carbocycles. The molecular formula is C12H17F3N2O2. The van der Waals surface area contributed by atoms with E-state index >= 15 is 0 Å². The van der Waals surface area contributed by atoms with Gasteiger partial charge in [-0.2, -0.15) is 13.2 Å². The van der Waals surface area contributed by atoms with E-state index in [1.807, 2.05) is 0 Å². The smallest absolute Gasteiger partial charge is 0.397 e. The highest BCUT2D eigenvalue weighted by Crippen LogP contribution is 2.32. The Balaban J connectivity index is 2.43. The van der Waals surface area contributed by atoms with Gasteiger partial charge in [0.05, 0.1) is 30.2 Å². The van der Waals surface area contributed by atoms with Gasteiger partial charge >= 0.3 is 6.18 Å². The molecule has 0 saturated carbocycles. The van der Waals surface area contributed by atoms with E-state index in [-0.39, 0.29) is 18.9 Å². The number of aliphatic hydroxyl groups is 1. The number of nitrogen functional groups attached to an aromatic ring is 1. The maximum absolute atomic E-state index is 12.4. The van der Waals surface area contributed by atoms with Crippen LogP contribution in [0, 0.1) is 0 Å². The summed E-state index contributed by atoms with van der Waals surface area (Å²) in [6.07, 6.45) is -3.72. The highest BCUT2D eigenvalue weighted by Gasteiger charge is 2.30. The zero-order chi connectivity index (χ0) is 14.3. The summed E-state index contributed by atoms with van der Waals surface area (Å²) in [7, 11) is 0.